The summed E-state index contributed by atoms with van der Waals surface area (Å²) in [4.78, 5) is 21.7. The zero-order valence-electron chi connectivity index (χ0n) is 17.5. The number of nitrogens with zero attached hydrogens (tertiary/aromatic N) is 1. The highest BCUT2D eigenvalue weighted by atomic mass is 16.6. The van der Waals surface area contributed by atoms with Gasteiger partial charge in [0.2, 0.25) is 0 Å². The third-order valence-corrected chi connectivity index (χ3v) is 5.54. The first-order valence-electron chi connectivity index (χ1n) is 10.6. The van der Waals surface area contributed by atoms with Gasteiger partial charge >= 0.3 is 5.97 Å². The van der Waals surface area contributed by atoms with E-state index in [0.717, 1.165) is 24.9 Å². The van der Waals surface area contributed by atoms with Gasteiger partial charge in [0.25, 0.3) is 5.69 Å². The maximum Gasteiger partial charge on any atom is 0.303 e. The molecular formula is C25H24N2O5. The number of carbonyl (C=O) groups is 1. The van der Waals surface area contributed by atoms with Crippen LogP contribution in [0.5, 0.6) is 5.75 Å². The summed E-state index contributed by atoms with van der Waals surface area (Å²) >= 11 is 0. The molecule has 0 fully saturated rings. The molecule has 0 bridgehead atoms. The van der Waals surface area contributed by atoms with E-state index in [1.807, 2.05) is 30.3 Å². The molecule has 0 radical (unpaired) electrons. The van der Waals surface area contributed by atoms with Gasteiger partial charge in [0, 0.05) is 24.2 Å². The van der Waals surface area contributed by atoms with Crippen LogP contribution in [-0.2, 0) is 11.2 Å². The second-order valence-corrected chi connectivity index (χ2v) is 7.82. The van der Waals surface area contributed by atoms with Gasteiger partial charge in [0.05, 0.1) is 11.5 Å². The number of nitro benzene ring substituents is 1. The van der Waals surface area contributed by atoms with Crippen LogP contribution in [0, 0.1) is 10.1 Å². The van der Waals surface area contributed by atoms with Gasteiger partial charge in [-0.3, -0.25) is 14.9 Å². The molecule has 0 atom stereocenters. The largest absolute Gasteiger partial charge is 0.494 e. The van der Waals surface area contributed by atoms with E-state index in [9.17, 15) is 14.9 Å². The summed E-state index contributed by atoms with van der Waals surface area (Å²) < 4.78 is 5.73. The van der Waals surface area contributed by atoms with Crippen LogP contribution in [-0.4, -0.2) is 22.6 Å². The lowest BCUT2D eigenvalue weighted by atomic mass is 10.1. The predicted molar refractivity (Wildman–Crippen MR) is 123 cm³/mol. The Morgan fingerprint density at radius 3 is 2.62 bits per heavy atom. The van der Waals surface area contributed by atoms with Crippen LogP contribution in [0.25, 0.3) is 11.1 Å². The second kappa shape index (κ2) is 9.51. The van der Waals surface area contributed by atoms with E-state index in [-0.39, 0.29) is 12.1 Å². The average Bonchev–Trinajstić information content (AvgIpc) is 3.13. The van der Waals surface area contributed by atoms with E-state index >= 15 is 0 Å². The van der Waals surface area contributed by atoms with Gasteiger partial charge in [-0.2, -0.15) is 0 Å². The molecule has 2 N–H and O–H groups in total. The van der Waals surface area contributed by atoms with Crippen LogP contribution in [0.3, 0.4) is 0 Å². The molecule has 7 heteroatoms. The van der Waals surface area contributed by atoms with Crippen molar-refractivity contribution in [2.24, 2.45) is 0 Å². The number of hydrogen-bond donors (Lipinski definition) is 2. The normalized spacial score (nSPS) is 11.5. The van der Waals surface area contributed by atoms with Gasteiger partial charge in [-0.25, -0.2) is 0 Å². The summed E-state index contributed by atoms with van der Waals surface area (Å²) in [6.07, 6.45) is 3.07. The standard InChI is InChI=1S/C25H24N2O5/c28-25(29)8-2-1-5-13-32-20-10-12-24(27(30)31)23(16-20)26-19-9-11-22-18(15-19)14-17-6-3-4-7-21(17)22/h3-4,6-7,9-12,15-16,26H,1-2,5,8,13-14H2,(H,28,29). The van der Waals surface area contributed by atoms with Gasteiger partial charge in [-0.15, -0.1) is 0 Å². The molecule has 1 aliphatic rings. The van der Waals surface area contributed by atoms with Crippen LogP contribution < -0.4 is 10.1 Å². The number of aliphatic carboxylic acids is 1. The highest BCUT2D eigenvalue weighted by Crippen LogP contribution is 2.39. The molecule has 0 aromatic heterocycles. The molecule has 4 rings (SSSR count). The minimum Gasteiger partial charge on any atom is -0.494 e. The number of unbranched alkanes of at least 4 members (excludes halogenated alkanes) is 2. The number of nitro groups is 1. The van der Waals surface area contributed by atoms with Crippen LogP contribution in [0.4, 0.5) is 17.1 Å². The monoisotopic (exact) mass is 432 g/mol. The van der Waals surface area contributed by atoms with Gasteiger partial charge in [-0.05, 0) is 66.1 Å². The summed E-state index contributed by atoms with van der Waals surface area (Å²) in [7, 11) is 0. The molecule has 0 saturated carbocycles. The van der Waals surface area contributed by atoms with Crippen molar-refractivity contribution in [2.75, 3.05) is 11.9 Å². The van der Waals surface area contributed by atoms with Crippen molar-refractivity contribution in [2.45, 2.75) is 32.1 Å². The fraction of sp³-hybridized carbons (Fsp3) is 0.240. The molecular weight excluding hydrogens is 408 g/mol. The quantitative estimate of drug-likeness (QED) is 0.183. The minimum atomic E-state index is -0.799. The number of rotatable bonds is 10. The molecule has 32 heavy (non-hydrogen) atoms. The van der Waals surface area contributed by atoms with Gasteiger partial charge in [0.1, 0.15) is 11.4 Å². The third kappa shape index (κ3) is 4.88. The van der Waals surface area contributed by atoms with Gasteiger partial charge in [-0.1, -0.05) is 30.3 Å². The SMILES string of the molecule is O=C(O)CCCCCOc1ccc([N+](=O)[O-])c(Nc2ccc3c(c2)Cc2ccccc2-3)c1. The minimum absolute atomic E-state index is 0.0254. The Balaban J connectivity index is 1.45. The van der Waals surface area contributed by atoms with E-state index in [1.54, 1.807) is 12.1 Å². The van der Waals surface area contributed by atoms with E-state index in [2.05, 4.69) is 17.4 Å². The molecule has 0 spiro atoms. The topological polar surface area (TPSA) is 102 Å². The van der Waals surface area contributed by atoms with E-state index in [1.165, 1.54) is 28.3 Å². The summed E-state index contributed by atoms with van der Waals surface area (Å²) in [5.74, 6) is -0.266. The van der Waals surface area contributed by atoms with Crippen molar-refractivity contribution in [3.63, 3.8) is 0 Å². The fourth-order valence-electron chi connectivity index (χ4n) is 3.99. The predicted octanol–water partition coefficient (Wildman–Crippen LogP) is 5.93. The molecule has 3 aromatic carbocycles. The molecule has 1 aliphatic carbocycles. The first-order valence-corrected chi connectivity index (χ1v) is 10.6. The van der Waals surface area contributed by atoms with Crippen molar-refractivity contribution in [3.05, 3.63) is 81.9 Å². The van der Waals surface area contributed by atoms with Crippen molar-refractivity contribution in [1.29, 1.82) is 0 Å². The Hall–Kier alpha value is -3.87. The lowest BCUT2D eigenvalue weighted by Gasteiger charge is -2.12. The summed E-state index contributed by atoms with van der Waals surface area (Å²) in [6, 6.07) is 19.0. The fourth-order valence-corrected chi connectivity index (χ4v) is 3.99. The third-order valence-electron chi connectivity index (χ3n) is 5.54. The number of anilines is 2. The molecule has 7 nitrogen and oxygen atoms in total. The zero-order chi connectivity index (χ0) is 22.5. The van der Waals surface area contributed by atoms with Gasteiger partial charge < -0.3 is 15.2 Å². The lowest BCUT2D eigenvalue weighted by Crippen LogP contribution is -2.01. The smallest absolute Gasteiger partial charge is 0.303 e. The molecule has 0 heterocycles. The Kier molecular flexibility index (Phi) is 6.35. The highest BCUT2D eigenvalue weighted by Gasteiger charge is 2.19. The summed E-state index contributed by atoms with van der Waals surface area (Å²) in [5.41, 5.74) is 6.03. The molecule has 3 aromatic rings. The number of carboxylic acids is 1. The van der Waals surface area contributed by atoms with E-state index < -0.39 is 10.9 Å². The molecule has 0 aliphatic heterocycles. The van der Waals surface area contributed by atoms with Crippen molar-refractivity contribution in [3.8, 4) is 16.9 Å². The Bertz CT molecular complexity index is 1160. The Labute approximate surface area is 185 Å². The Morgan fingerprint density at radius 2 is 1.81 bits per heavy atom. The van der Waals surface area contributed by atoms with Gasteiger partial charge in [0.15, 0.2) is 0 Å². The molecule has 0 unspecified atom stereocenters. The maximum absolute atomic E-state index is 11.5. The van der Waals surface area contributed by atoms with Crippen LogP contribution >= 0.6 is 0 Å². The highest BCUT2D eigenvalue weighted by molar-refractivity contribution is 5.80. The molecule has 0 amide bonds. The first-order chi connectivity index (χ1) is 15.5. The number of nitrogens with one attached hydrogen (secondary N) is 1. The van der Waals surface area contributed by atoms with E-state index in [4.69, 9.17) is 9.84 Å². The number of hydrogen-bond acceptors (Lipinski definition) is 5. The Morgan fingerprint density at radius 1 is 1.00 bits per heavy atom. The lowest BCUT2D eigenvalue weighted by molar-refractivity contribution is -0.383. The van der Waals surface area contributed by atoms with Crippen LogP contribution in [0.2, 0.25) is 0 Å². The van der Waals surface area contributed by atoms with Crippen molar-refractivity contribution >= 4 is 23.0 Å². The first kappa shape index (κ1) is 21.4. The molecule has 0 saturated heterocycles. The number of benzene rings is 3. The molecule has 164 valence electrons. The van der Waals surface area contributed by atoms with E-state index in [0.29, 0.717) is 24.5 Å². The number of ether oxygens (including phenoxy) is 1. The average molecular weight is 432 g/mol. The maximum atomic E-state index is 11.5. The van der Waals surface area contributed by atoms with Crippen LogP contribution in [0.1, 0.15) is 36.8 Å². The van der Waals surface area contributed by atoms with Crippen LogP contribution in [0.15, 0.2) is 60.7 Å². The second-order valence-electron chi connectivity index (χ2n) is 7.82. The van der Waals surface area contributed by atoms with Crippen molar-refractivity contribution in [1.82, 2.24) is 0 Å². The number of carboxylic acid groups (broad SMARTS) is 1. The zero-order valence-corrected chi connectivity index (χ0v) is 17.5. The summed E-state index contributed by atoms with van der Waals surface area (Å²) in [6.45, 7) is 0.425. The number of fused-ring (bicyclic) bond motifs is 3. The summed E-state index contributed by atoms with van der Waals surface area (Å²) in [5, 5.41) is 23.4. The van der Waals surface area contributed by atoms with Crippen molar-refractivity contribution < 1.29 is 19.6 Å².